The first-order chi connectivity index (χ1) is 35.2. The summed E-state index contributed by atoms with van der Waals surface area (Å²) in [4.78, 5) is 69.7. The number of amides is 3. The number of phenolic OH excluding ortho intramolecular Hbond substituents is 1. The molecule has 4 aliphatic heterocycles. The van der Waals surface area contributed by atoms with Gasteiger partial charge in [-0.3, -0.25) is 24.2 Å². The number of carbonyl (C=O) groups excluding carboxylic acids is 4. The van der Waals surface area contributed by atoms with Crippen molar-refractivity contribution in [2.45, 2.75) is 36.2 Å². The van der Waals surface area contributed by atoms with Crippen molar-refractivity contribution < 1.29 is 43.2 Å². The van der Waals surface area contributed by atoms with Crippen molar-refractivity contribution in [1.29, 1.82) is 0 Å². The number of rotatable bonds is 12. The van der Waals surface area contributed by atoms with Crippen LogP contribution in [-0.2, 0) is 45.3 Å². The van der Waals surface area contributed by atoms with Crippen LogP contribution in [0.2, 0.25) is 0 Å². The molecule has 3 saturated heterocycles. The number of anilines is 3. The minimum atomic E-state index is -2.05. The van der Waals surface area contributed by atoms with Crippen LogP contribution in [0, 0.1) is 17.8 Å². The number of nitrogens with one attached hydrogen (secondary N) is 1. The summed E-state index contributed by atoms with van der Waals surface area (Å²) in [7, 11) is 3.45. The lowest BCUT2D eigenvalue weighted by Gasteiger charge is -2.46. The summed E-state index contributed by atoms with van der Waals surface area (Å²) in [6.45, 7) is 3.58. The van der Waals surface area contributed by atoms with Gasteiger partial charge in [-0.2, -0.15) is 0 Å². The number of imide groups is 1. The number of hydrogen-bond acceptors (Lipinski definition) is 12. The van der Waals surface area contributed by atoms with E-state index in [2.05, 4.69) is 39.1 Å². The molecule has 366 valence electrons. The van der Waals surface area contributed by atoms with Gasteiger partial charge in [0.1, 0.15) is 29.9 Å². The van der Waals surface area contributed by atoms with Gasteiger partial charge in [-0.25, -0.2) is 9.69 Å². The van der Waals surface area contributed by atoms with Crippen molar-refractivity contribution >= 4 is 40.9 Å². The second kappa shape index (κ2) is 20.9. The topological polar surface area (TPSA) is 150 Å². The Labute approximate surface area is 418 Å². The van der Waals surface area contributed by atoms with Crippen molar-refractivity contribution in [2.24, 2.45) is 5.92 Å². The van der Waals surface area contributed by atoms with Gasteiger partial charge in [-0.15, -0.1) is 0 Å². The number of phenols is 1. The van der Waals surface area contributed by atoms with Crippen molar-refractivity contribution in [1.82, 2.24) is 9.80 Å². The highest BCUT2D eigenvalue weighted by molar-refractivity contribution is 6.24. The molecule has 0 saturated carbocycles. The molecule has 6 aromatic rings. The highest BCUT2D eigenvalue weighted by atomic mass is 16.6. The molecule has 1 spiro atoms. The van der Waals surface area contributed by atoms with Gasteiger partial charge in [-0.05, 0) is 89.5 Å². The molecule has 4 heterocycles. The standard InChI is InChI=1S/C58H55N5O9/c1-60(38-40-13-6-3-7-14-40)30-12-15-39-20-29-48-47(37-39)58(56(67)62(48)57(68)71-36-35-69-2)49(54(65)59-44-23-25-45(26-24-44)61-31-33-70-34-32-61)51-55(66)72-52(42-18-10-5-11-19-42)50(41-16-8-4-9-17-41)63(51)53(58)43-21-27-46(64)28-22-43/h3-11,13-14,16-29,37,49-53,64H,30-36,38H2,1-2H3,(H,59,65)/t49-,50-,51-,52+,53+,58-/m0/s1. The largest absolute Gasteiger partial charge is 0.508 e. The summed E-state index contributed by atoms with van der Waals surface area (Å²) in [5.74, 6) is 2.86. The third-order valence-electron chi connectivity index (χ3n) is 14.0. The van der Waals surface area contributed by atoms with E-state index in [9.17, 15) is 9.90 Å². The van der Waals surface area contributed by atoms with Gasteiger partial charge in [0, 0.05) is 43.7 Å². The molecule has 4 aliphatic rings. The van der Waals surface area contributed by atoms with E-state index in [1.54, 1.807) is 42.5 Å². The second-order valence-corrected chi connectivity index (χ2v) is 18.4. The highest BCUT2D eigenvalue weighted by Gasteiger charge is 2.75. The lowest BCUT2D eigenvalue weighted by Crippen LogP contribution is -2.54. The summed E-state index contributed by atoms with van der Waals surface area (Å²) in [6.07, 6.45) is -1.90. The zero-order chi connectivity index (χ0) is 49.8. The predicted octanol–water partition coefficient (Wildman–Crippen LogP) is 7.80. The molecule has 10 rings (SSSR count). The number of hydrogen-bond donors (Lipinski definition) is 2. The van der Waals surface area contributed by atoms with Gasteiger partial charge in [0.15, 0.2) is 0 Å². The first-order valence-electron chi connectivity index (χ1n) is 24.1. The van der Waals surface area contributed by atoms with E-state index in [-0.39, 0.29) is 24.7 Å². The number of esters is 1. The number of nitrogens with zero attached hydrogens (tertiary/aromatic N) is 4. The maximum atomic E-state index is 16.5. The molecule has 2 N–H and O–H groups in total. The fourth-order valence-electron chi connectivity index (χ4n) is 10.9. The lowest BCUT2D eigenvalue weighted by molar-refractivity contribution is -0.177. The Balaban J connectivity index is 1.19. The molecule has 6 atom stereocenters. The number of aromatic hydroxyl groups is 1. The summed E-state index contributed by atoms with van der Waals surface area (Å²) in [6, 6.07) is 44.6. The van der Waals surface area contributed by atoms with Crippen LogP contribution >= 0.6 is 0 Å². The molecule has 3 amide bonds. The number of cyclic esters (lactones) is 1. The van der Waals surface area contributed by atoms with Crippen LogP contribution < -0.4 is 15.1 Å². The molecule has 14 nitrogen and oxygen atoms in total. The van der Waals surface area contributed by atoms with E-state index in [0.29, 0.717) is 67.3 Å². The monoisotopic (exact) mass is 965 g/mol. The van der Waals surface area contributed by atoms with Gasteiger partial charge >= 0.3 is 12.1 Å². The Hall–Kier alpha value is -7.80. The lowest BCUT2D eigenvalue weighted by atomic mass is 9.65. The molecule has 6 aromatic carbocycles. The summed E-state index contributed by atoms with van der Waals surface area (Å²) < 4.78 is 23.1. The average Bonchev–Trinajstić information content (AvgIpc) is 3.86. The summed E-state index contributed by atoms with van der Waals surface area (Å²) >= 11 is 0. The van der Waals surface area contributed by atoms with E-state index in [1.807, 2.05) is 103 Å². The van der Waals surface area contributed by atoms with Crippen molar-refractivity contribution in [2.75, 3.05) is 75.3 Å². The molecular formula is C58H55N5O9. The number of carbonyl (C=O) groups is 4. The maximum absolute atomic E-state index is 16.5. The zero-order valence-corrected chi connectivity index (χ0v) is 40.1. The summed E-state index contributed by atoms with van der Waals surface area (Å²) in [5, 5.41) is 13.9. The first kappa shape index (κ1) is 47.9. The van der Waals surface area contributed by atoms with E-state index in [4.69, 9.17) is 18.9 Å². The van der Waals surface area contributed by atoms with Crippen LogP contribution in [0.3, 0.4) is 0 Å². The smallest absolute Gasteiger partial charge is 0.421 e. The number of morpholine rings is 2. The van der Waals surface area contributed by atoms with Gasteiger partial charge < -0.3 is 34.3 Å². The third kappa shape index (κ3) is 9.08. The van der Waals surface area contributed by atoms with E-state index >= 15 is 14.4 Å². The Morgan fingerprint density at radius 2 is 1.46 bits per heavy atom. The Morgan fingerprint density at radius 3 is 2.14 bits per heavy atom. The van der Waals surface area contributed by atoms with Gasteiger partial charge in [0.2, 0.25) is 11.8 Å². The van der Waals surface area contributed by atoms with Crippen LogP contribution in [0.4, 0.5) is 21.9 Å². The van der Waals surface area contributed by atoms with Gasteiger partial charge in [0.05, 0.1) is 50.1 Å². The Kier molecular flexibility index (Phi) is 13.9. The maximum Gasteiger partial charge on any atom is 0.421 e. The van der Waals surface area contributed by atoms with Crippen molar-refractivity contribution in [3.05, 3.63) is 191 Å². The summed E-state index contributed by atoms with van der Waals surface area (Å²) in [5.41, 5.74) is 3.40. The predicted molar refractivity (Wildman–Crippen MR) is 271 cm³/mol. The molecule has 0 radical (unpaired) electrons. The van der Waals surface area contributed by atoms with Gasteiger partial charge in [-0.1, -0.05) is 115 Å². The quantitative estimate of drug-likeness (QED) is 0.0700. The minimum absolute atomic E-state index is 0.0340. The molecular weight excluding hydrogens is 911 g/mol. The molecule has 0 unspecified atom stereocenters. The van der Waals surface area contributed by atoms with Crippen LogP contribution in [0.15, 0.2) is 158 Å². The number of fused-ring (bicyclic) bond motifs is 3. The minimum Gasteiger partial charge on any atom is -0.508 e. The van der Waals surface area contributed by atoms with E-state index in [1.165, 1.54) is 19.2 Å². The van der Waals surface area contributed by atoms with E-state index < -0.39 is 59.4 Å². The first-order valence-corrected chi connectivity index (χ1v) is 24.1. The number of benzene rings is 6. The Morgan fingerprint density at radius 1 is 0.792 bits per heavy atom. The molecule has 0 aromatic heterocycles. The fraction of sp³-hybridized carbons (Fsp3) is 0.276. The Bertz CT molecular complexity index is 2980. The molecule has 72 heavy (non-hydrogen) atoms. The number of ether oxygens (including phenoxy) is 4. The fourth-order valence-corrected chi connectivity index (χ4v) is 10.9. The third-order valence-corrected chi connectivity index (χ3v) is 14.0. The SMILES string of the molecule is COCCOC(=O)N1C(=O)[C@@]2(c3cc(C#CCN(C)Cc4ccccc4)ccc31)[C@H](C(=O)Nc1ccc(N3CCOCC3)cc1)[C@H]1C(=O)O[C@H](c3ccccc3)[C@H](c3ccccc3)N1[C@@H]2c1ccc(O)cc1. The average molecular weight is 966 g/mol. The normalized spacial score (nSPS) is 22.5. The van der Waals surface area contributed by atoms with Crippen LogP contribution in [-0.4, -0.2) is 105 Å². The van der Waals surface area contributed by atoms with E-state index in [0.717, 1.165) is 21.7 Å². The van der Waals surface area contributed by atoms with Crippen molar-refractivity contribution in [3.8, 4) is 17.6 Å². The molecule has 3 fully saturated rings. The molecule has 0 aliphatic carbocycles. The zero-order valence-electron chi connectivity index (χ0n) is 40.1. The van der Waals surface area contributed by atoms with Crippen LogP contribution in [0.1, 0.15) is 51.6 Å². The second-order valence-electron chi connectivity index (χ2n) is 18.4. The van der Waals surface area contributed by atoms with Gasteiger partial charge in [0.25, 0.3) is 0 Å². The molecule has 0 bridgehead atoms. The van der Waals surface area contributed by atoms with Crippen LogP contribution in [0.5, 0.6) is 5.75 Å². The highest BCUT2D eigenvalue weighted by Crippen LogP contribution is 2.66. The van der Waals surface area contributed by atoms with Crippen molar-refractivity contribution in [3.63, 3.8) is 0 Å². The molecule has 14 heteroatoms. The van der Waals surface area contributed by atoms with Crippen LogP contribution in [0.25, 0.3) is 0 Å². The number of methoxy groups -OCH3 is 1.